The molecule has 0 unspecified atom stereocenters. The Hall–Kier alpha value is -5.78. The Labute approximate surface area is 388 Å². The van der Waals surface area contributed by atoms with E-state index in [1.54, 1.807) is 51.3 Å². The van der Waals surface area contributed by atoms with Crippen molar-refractivity contribution < 1.29 is 18.9 Å². The first-order chi connectivity index (χ1) is 31.2. The summed E-state index contributed by atoms with van der Waals surface area (Å²) in [7, 11) is 3.48. The zero-order valence-corrected chi connectivity index (χ0v) is 39.2. The van der Waals surface area contributed by atoms with Crippen LogP contribution < -0.4 is 29.6 Å². The summed E-state index contributed by atoms with van der Waals surface area (Å²) in [4.78, 5) is 16.9. The lowest BCUT2D eigenvalue weighted by molar-refractivity contribution is 0.286. The molecule has 0 atom stereocenters. The number of aromatic nitrogens is 2. The molecule has 2 N–H and O–H groups in total. The second-order valence-electron chi connectivity index (χ2n) is 15.5. The molecule has 0 fully saturated rings. The standard InChI is InChI=1S/C52H58Cl2N6O4/c1-7-15-57-29-43-19-47(53)51(21-49(43)61-31-39-17-37(23-55-5)25-59-27-39)63-33-41-11-9-13-45(35(41)3)46-14-10-12-42(36(46)4)34-64-52-22-50(44(20-48(52)54)30-58-16-8-2)62-32-40-18-38(24-56-6)26-60-28-40/h9-14,17-28,57-58H,7-8,15-16,29-34H2,1-6H3. The van der Waals surface area contributed by atoms with E-state index in [-0.39, 0.29) is 0 Å². The van der Waals surface area contributed by atoms with E-state index < -0.39 is 0 Å². The number of benzene rings is 4. The summed E-state index contributed by atoms with van der Waals surface area (Å²) in [5.41, 5.74) is 12.1. The average molecular weight is 902 g/mol. The number of nitrogens with zero attached hydrogens (tertiary/aromatic N) is 4. The van der Waals surface area contributed by atoms with E-state index in [4.69, 9.17) is 42.1 Å². The Bertz CT molecular complexity index is 2370. The fourth-order valence-electron chi connectivity index (χ4n) is 7.23. The van der Waals surface area contributed by atoms with Gasteiger partial charge in [0, 0.05) is 110 Å². The van der Waals surface area contributed by atoms with Crippen LogP contribution in [0.25, 0.3) is 11.1 Å². The summed E-state index contributed by atoms with van der Waals surface area (Å²) < 4.78 is 25.7. The van der Waals surface area contributed by atoms with Crippen molar-refractivity contribution in [2.75, 3.05) is 27.2 Å². The van der Waals surface area contributed by atoms with E-state index in [0.29, 0.717) is 72.6 Å². The number of ether oxygens (including phenoxy) is 4. The number of halogens is 2. The fourth-order valence-corrected chi connectivity index (χ4v) is 7.71. The van der Waals surface area contributed by atoms with E-state index in [1.165, 1.54) is 0 Å². The molecular formula is C52H58Cl2N6O4. The molecule has 10 nitrogen and oxygen atoms in total. The predicted molar refractivity (Wildman–Crippen MR) is 261 cm³/mol. The van der Waals surface area contributed by atoms with Crippen LogP contribution >= 0.6 is 23.2 Å². The number of hydrogen-bond donors (Lipinski definition) is 2. The Morgan fingerprint density at radius 2 is 0.953 bits per heavy atom. The highest BCUT2D eigenvalue weighted by Gasteiger charge is 2.17. The minimum absolute atomic E-state index is 0.318. The molecule has 0 spiro atoms. The number of aliphatic imine (C=N–C) groups is 2. The Kier molecular flexibility index (Phi) is 18.1. The van der Waals surface area contributed by atoms with Crippen LogP contribution in [-0.2, 0) is 39.5 Å². The van der Waals surface area contributed by atoms with E-state index in [1.807, 2.05) is 36.4 Å². The number of nitrogens with one attached hydrogen (secondary N) is 2. The summed E-state index contributed by atoms with van der Waals surface area (Å²) in [5, 5.41) is 7.98. The van der Waals surface area contributed by atoms with Gasteiger partial charge < -0.3 is 29.6 Å². The highest BCUT2D eigenvalue weighted by atomic mass is 35.5. The van der Waals surface area contributed by atoms with Gasteiger partial charge in [0.15, 0.2) is 0 Å². The van der Waals surface area contributed by atoms with Crippen LogP contribution in [0.2, 0.25) is 10.0 Å². The molecule has 0 saturated carbocycles. The molecule has 0 bridgehead atoms. The van der Waals surface area contributed by atoms with Crippen molar-refractivity contribution in [3.05, 3.63) is 163 Å². The molecule has 64 heavy (non-hydrogen) atoms. The first kappa shape index (κ1) is 47.7. The third kappa shape index (κ3) is 13.1. The molecule has 2 aromatic heterocycles. The second kappa shape index (κ2) is 24.3. The third-order valence-electron chi connectivity index (χ3n) is 10.6. The fraction of sp³-hybridized carbons (Fsp3) is 0.308. The van der Waals surface area contributed by atoms with E-state index in [2.05, 4.69) is 94.7 Å². The van der Waals surface area contributed by atoms with Gasteiger partial charge in [0.1, 0.15) is 49.4 Å². The van der Waals surface area contributed by atoms with Crippen LogP contribution in [0.4, 0.5) is 0 Å². The maximum Gasteiger partial charge on any atom is 0.142 e. The van der Waals surface area contributed by atoms with E-state index >= 15 is 0 Å². The van der Waals surface area contributed by atoms with Crippen molar-refractivity contribution in [3.8, 4) is 34.1 Å². The van der Waals surface area contributed by atoms with Crippen molar-refractivity contribution in [1.29, 1.82) is 0 Å². The van der Waals surface area contributed by atoms with Gasteiger partial charge in [-0.2, -0.15) is 0 Å². The van der Waals surface area contributed by atoms with Crippen molar-refractivity contribution in [2.24, 2.45) is 9.98 Å². The number of pyridine rings is 2. The van der Waals surface area contributed by atoms with Gasteiger partial charge in [-0.25, -0.2) is 0 Å². The lowest BCUT2D eigenvalue weighted by atomic mass is 9.92. The summed E-state index contributed by atoms with van der Waals surface area (Å²) in [5.74, 6) is 2.49. The molecule has 4 aromatic carbocycles. The van der Waals surface area contributed by atoms with Gasteiger partial charge in [-0.15, -0.1) is 0 Å². The topological polar surface area (TPSA) is 111 Å². The van der Waals surface area contributed by atoms with Crippen molar-refractivity contribution in [3.63, 3.8) is 0 Å². The van der Waals surface area contributed by atoms with Crippen LogP contribution in [-0.4, -0.2) is 49.6 Å². The van der Waals surface area contributed by atoms with Crippen LogP contribution in [0, 0.1) is 13.8 Å². The van der Waals surface area contributed by atoms with Gasteiger partial charge in [0.2, 0.25) is 0 Å². The maximum atomic E-state index is 6.87. The Balaban J connectivity index is 1.18. The van der Waals surface area contributed by atoms with Gasteiger partial charge in [0.25, 0.3) is 0 Å². The van der Waals surface area contributed by atoms with Gasteiger partial charge in [-0.1, -0.05) is 73.4 Å². The SMILES string of the molecule is CCCNCc1cc(Cl)c(OCc2cccc(-c3cccc(COc4cc(OCc5cncc(C=NC)c5)c(CNCCC)cc4Cl)c3C)c2C)cc1OCc1cncc(C=NC)c1. The van der Waals surface area contributed by atoms with Gasteiger partial charge in [-0.3, -0.25) is 20.0 Å². The Morgan fingerprint density at radius 1 is 0.531 bits per heavy atom. The predicted octanol–water partition coefficient (Wildman–Crippen LogP) is 11.5. The highest BCUT2D eigenvalue weighted by molar-refractivity contribution is 6.32. The quantitative estimate of drug-likeness (QED) is 0.0483. The molecule has 334 valence electrons. The first-order valence-electron chi connectivity index (χ1n) is 21.7. The van der Waals surface area contributed by atoms with E-state index in [0.717, 1.165) is 92.7 Å². The normalized spacial score (nSPS) is 11.4. The lowest BCUT2D eigenvalue weighted by Gasteiger charge is -2.19. The van der Waals surface area contributed by atoms with Gasteiger partial charge >= 0.3 is 0 Å². The summed E-state index contributed by atoms with van der Waals surface area (Å²) >= 11 is 13.7. The van der Waals surface area contributed by atoms with Crippen LogP contribution in [0.1, 0.15) is 82.3 Å². The summed E-state index contributed by atoms with van der Waals surface area (Å²) in [6, 6.07) is 24.3. The molecule has 0 radical (unpaired) electrons. The van der Waals surface area contributed by atoms with Gasteiger partial charge in [-0.05, 0) is 97.4 Å². The van der Waals surface area contributed by atoms with Crippen molar-refractivity contribution >= 4 is 35.6 Å². The van der Waals surface area contributed by atoms with Crippen LogP contribution in [0.3, 0.4) is 0 Å². The Morgan fingerprint density at radius 3 is 1.36 bits per heavy atom. The van der Waals surface area contributed by atoms with Crippen molar-refractivity contribution in [1.82, 2.24) is 20.6 Å². The summed E-state index contributed by atoms with van der Waals surface area (Å²) in [6.07, 6.45) is 12.7. The minimum Gasteiger partial charge on any atom is -0.488 e. The molecule has 0 saturated heterocycles. The van der Waals surface area contributed by atoms with Crippen molar-refractivity contribution in [2.45, 2.75) is 80.1 Å². The highest BCUT2D eigenvalue weighted by Crippen LogP contribution is 2.37. The molecule has 0 aliphatic rings. The first-order valence-corrected chi connectivity index (χ1v) is 22.4. The smallest absolute Gasteiger partial charge is 0.142 e. The zero-order valence-electron chi connectivity index (χ0n) is 37.6. The molecule has 2 heterocycles. The van der Waals surface area contributed by atoms with E-state index in [9.17, 15) is 0 Å². The van der Waals surface area contributed by atoms with Gasteiger partial charge in [0.05, 0.1) is 10.0 Å². The number of hydrogen-bond acceptors (Lipinski definition) is 10. The molecule has 0 amide bonds. The third-order valence-corrected chi connectivity index (χ3v) is 11.2. The average Bonchev–Trinajstić information content (AvgIpc) is 3.29. The monoisotopic (exact) mass is 900 g/mol. The van der Waals surface area contributed by atoms with Crippen LogP contribution in [0.5, 0.6) is 23.0 Å². The molecule has 12 heteroatoms. The summed E-state index contributed by atoms with van der Waals surface area (Å²) in [6.45, 7) is 12.8. The molecule has 0 aliphatic carbocycles. The lowest BCUT2D eigenvalue weighted by Crippen LogP contribution is -2.15. The second-order valence-corrected chi connectivity index (χ2v) is 16.3. The molecule has 0 aliphatic heterocycles. The largest absolute Gasteiger partial charge is 0.488 e. The molecule has 6 rings (SSSR count). The molecular weight excluding hydrogens is 844 g/mol. The maximum absolute atomic E-state index is 6.87. The minimum atomic E-state index is 0.318. The van der Waals surface area contributed by atoms with Crippen LogP contribution in [0.15, 0.2) is 108 Å². The molecule has 6 aromatic rings. The zero-order chi connectivity index (χ0) is 45.3. The number of rotatable bonds is 23.